The summed E-state index contributed by atoms with van der Waals surface area (Å²) in [7, 11) is 0. The third-order valence-electron chi connectivity index (χ3n) is 2.36. The van der Waals surface area contributed by atoms with Gasteiger partial charge < -0.3 is 4.57 Å². The van der Waals surface area contributed by atoms with Crippen molar-refractivity contribution in [3.63, 3.8) is 0 Å². The fourth-order valence-electron chi connectivity index (χ4n) is 1.73. The Labute approximate surface area is 82.4 Å². The monoisotopic (exact) mass is 192 g/mol. The smallest absolute Gasteiger partial charge is 0.109 e. The van der Waals surface area contributed by atoms with Crippen LogP contribution in [-0.2, 0) is 13.0 Å². The van der Waals surface area contributed by atoms with E-state index in [-0.39, 0.29) is 6.67 Å². The summed E-state index contributed by atoms with van der Waals surface area (Å²) >= 11 is 0. The lowest BCUT2D eigenvalue weighted by molar-refractivity contribution is 0.444. The maximum atomic E-state index is 12.4. The Kier molecular flexibility index (Phi) is 2.48. The normalized spacial score (nSPS) is 11.0. The first-order valence-electron chi connectivity index (χ1n) is 4.87. The van der Waals surface area contributed by atoms with E-state index >= 15 is 0 Å². The zero-order valence-corrected chi connectivity index (χ0v) is 8.20. The molecule has 1 aromatic heterocycles. The number of para-hydroxylation sites is 2. The lowest BCUT2D eigenvalue weighted by atomic mass is 10.3. The van der Waals surface area contributed by atoms with Gasteiger partial charge in [-0.15, -0.1) is 0 Å². The molecule has 3 heteroatoms. The molecule has 0 radical (unpaired) electrons. The average molecular weight is 192 g/mol. The predicted molar refractivity (Wildman–Crippen MR) is 55.1 cm³/mol. The van der Waals surface area contributed by atoms with E-state index < -0.39 is 0 Å². The van der Waals surface area contributed by atoms with Crippen LogP contribution in [0.3, 0.4) is 0 Å². The highest BCUT2D eigenvalue weighted by Crippen LogP contribution is 2.16. The van der Waals surface area contributed by atoms with Gasteiger partial charge in [-0.25, -0.2) is 9.37 Å². The van der Waals surface area contributed by atoms with Gasteiger partial charge in [0.2, 0.25) is 0 Å². The lowest BCUT2D eigenvalue weighted by Gasteiger charge is -2.03. The number of hydrogen-bond donors (Lipinski definition) is 0. The molecule has 0 amide bonds. The molecule has 2 aromatic rings. The molecule has 74 valence electrons. The first-order chi connectivity index (χ1) is 6.86. The number of hydrogen-bond acceptors (Lipinski definition) is 1. The first kappa shape index (κ1) is 9.19. The van der Waals surface area contributed by atoms with Gasteiger partial charge in [0.05, 0.1) is 17.6 Å². The minimum absolute atomic E-state index is 0.340. The first-order valence-corrected chi connectivity index (χ1v) is 4.87. The van der Waals surface area contributed by atoms with Crippen LogP contribution in [-0.4, -0.2) is 16.2 Å². The van der Waals surface area contributed by atoms with Gasteiger partial charge in [-0.1, -0.05) is 19.1 Å². The van der Waals surface area contributed by atoms with Gasteiger partial charge in [-0.3, -0.25) is 0 Å². The number of aryl methyl sites for hydroxylation is 2. The van der Waals surface area contributed by atoms with E-state index in [0.717, 1.165) is 23.3 Å². The van der Waals surface area contributed by atoms with Crippen LogP contribution in [0.15, 0.2) is 24.3 Å². The fourth-order valence-corrected chi connectivity index (χ4v) is 1.73. The molecule has 0 saturated heterocycles. The van der Waals surface area contributed by atoms with E-state index in [9.17, 15) is 4.39 Å². The molecule has 1 aromatic carbocycles. The average Bonchev–Trinajstić information content (AvgIpc) is 2.58. The Hall–Kier alpha value is -1.38. The van der Waals surface area contributed by atoms with E-state index in [0.29, 0.717) is 6.54 Å². The fraction of sp³-hybridized carbons (Fsp3) is 0.364. The van der Waals surface area contributed by atoms with Crippen molar-refractivity contribution in [3.8, 4) is 0 Å². The van der Waals surface area contributed by atoms with Crippen LogP contribution >= 0.6 is 0 Å². The summed E-state index contributed by atoms with van der Waals surface area (Å²) in [4.78, 5) is 4.45. The van der Waals surface area contributed by atoms with Crippen LogP contribution in [0.25, 0.3) is 11.0 Å². The van der Waals surface area contributed by atoms with Crippen LogP contribution in [0.1, 0.15) is 12.7 Å². The van der Waals surface area contributed by atoms with Crippen molar-refractivity contribution in [1.82, 2.24) is 9.55 Å². The summed E-state index contributed by atoms with van der Waals surface area (Å²) in [6.07, 6.45) is 0.842. The molecule has 0 unspecified atom stereocenters. The molecule has 14 heavy (non-hydrogen) atoms. The Balaban J connectivity index is 2.61. The van der Waals surface area contributed by atoms with Crippen molar-refractivity contribution >= 4 is 11.0 Å². The summed E-state index contributed by atoms with van der Waals surface area (Å²) in [5, 5.41) is 0. The number of fused-ring (bicyclic) bond motifs is 1. The summed E-state index contributed by atoms with van der Waals surface area (Å²) in [5.74, 6) is 0.962. The molecular formula is C11H13FN2. The number of nitrogens with zero attached hydrogens (tertiary/aromatic N) is 2. The quantitative estimate of drug-likeness (QED) is 0.730. The summed E-state index contributed by atoms with van der Waals surface area (Å²) in [6, 6.07) is 7.85. The molecule has 0 bridgehead atoms. The third-order valence-corrected chi connectivity index (χ3v) is 2.36. The minimum atomic E-state index is -0.340. The van der Waals surface area contributed by atoms with Crippen LogP contribution in [0.4, 0.5) is 4.39 Å². The minimum Gasteiger partial charge on any atom is -0.325 e. The van der Waals surface area contributed by atoms with Gasteiger partial charge >= 0.3 is 0 Å². The Morgan fingerprint density at radius 2 is 2.14 bits per heavy atom. The highest BCUT2D eigenvalue weighted by molar-refractivity contribution is 5.75. The van der Waals surface area contributed by atoms with Crippen molar-refractivity contribution in [1.29, 1.82) is 0 Å². The predicted octanol–water partition coefficient (Wildman–Crippen LogP) is 2.57. The molecule has 0 spiro atoms. The van der Waals surface area contributed by atoms with Crippen molar-refractivity contribution in [2.24, 2.45) is 0 Å². The zero-order chi connectivity index (χ0) is 9.97. The van der Waals surface area contributed by atoms with Crippen molar-refractivity contribution in [3.05, 3.63) is 30.1 Å². The van der Waals surface area contributed by atoms with E-state index in [4.69, 9.17) is 0 Å². The van der Waals surface area contributed by atoms with Crippen molar-refractivity contribution in [2.75, 3.05) is 6.67 Å². The summed E-state index contributed by atoms with van der Waals surface area (Å²) in [6.45, 7) is 2.10. The van der Waals surface area contributed by atoms with E-state index in [2.05, 4.69) is 4.98 Å². The standard InChI is InChI=1S/C11H13FN2/c1-2-11-13-9-5-3-4-6-10(9)14(11)8-7-12/h3-6H,2,7-8H2,1H3. The van der Waals surface area contributed by atoms with Gasteiger partial charge in [0.25, 0.3) is 0 Å². The van der Waals surface area contributed by atoms with E-state index in [1.54, 1.807) is 0 Å². The molecule has 0 atom stereocenters. The van der Waals surface area contributed by atoms with Crippen LogP contribution < -0.4 is 0 Å². The Morgan fingerprint density at radius 1 is 1.36 bits per heavy atom. The summed E-state index contributed by atoms with van der Waals surface area (Å²) in [5.41, 5.74) is 1.99. The van der Waals surface area contributed by atoms with Gasteiger partial charge in [-0.05, 0) is 12.1 Å². The van der Waals surface area contributed by atoms with E-state index in [1.165, 1.54) is 0 Å². The number of rotatable bonds is 3. The molecular weight excluding hydrogens is 179 g/mol. The Morgan fingerprint density at radius 3 is 2.86 bits per heavy atom. The maximum Gasteiger partial charge on any atom is 0.109 e. The molecule has 0 aliphatic rings. The molecule has 2 nitrogen and oxygen atoms in total. The molecule has 0 fully saturated rings. The highest BCUT2D eigenvalue weighted by atomic mass is 19.1. The number of imidazole rings is 1. The molecule has 0 aliphatic heterocycles. The highest BCUT2D eigenvalue weighted by Gasteiger charge is 2.07. The summed E-state index contributed by atoms with van der Waals surface area (Å²) < 4.78 is 14.3. The van der Waals surface area contributed by atoms with Gasteiger partial charge in [0.15, 0.2) is 0 Å². The van der Waals surface area contributed by atoms with E-state index in [1.807, 2.05) is 35.8 Å². The van der Waals surface area contributed by atoms with Crippen molar-refractivity contribution < 1.29 is 4.39 Å². The number of halogens is 1. The molecule has 0 N–H and O–H groups in total. The Bertz CT molecular complexity index is 434. The second-order valence-electron chi connectivity index (χ2n) is 3.21. The molecule has 0 saturated carbocycles. The maximum absolute atomic E-state index is 12.4. The van der Waals surface area contributed by atoms with Crippen LogP contribution in [0, 0.1) is 0 Å². The van der Waals surface area contributed by atoms with Gasteiger partial charge in [0, 0.05) is 6.42 Å². The lowest BCUT2D eigenvalue weighted by Crippen LogP contribution is -2.04. The number of alkyl halides is 1. The number of aromatic nitrogens is 2. The molecule has 2 rings (SSSR count). The topological polar surface area (TPSA) is 17.8 Å². The SMILES string of the molecule is CCc1nc2ccccc2n1CCF. The second kappa shape index (κ2) is 3.78. The molecule has 1 heterocycles. The molecule has 0 aliphatic carbocycles. The van der Waals surface area contributed by atoms with Crippen molar-refractivity contribution in [2.45, 2.75) is 19.9 Å². The van der Waals surface area contributed by atoms with Gasteiger partial charge in [-0.2, -0.15) is 0 Å². The second-order valence-corrected chi connectivity index (χ2v) is 3.21. The largest absolute Gasteiger partial charge is 0.325 e. The zero-order valence-electron chi connectivity index (χ0n) is 8.20. The van der Waals surface area contributed by atoms with Crippen LogP contribution in [0.2, 0.25) is 0 Å². The van der Waals surface area contributed by atoms with Gasteiger partial charge in [0.1, 0.15) is 12.5 Å². The van der Waals surface area contributed by atoms with Crippen LogP contribution in [0.5, 0.6) is 0 Å². The number of benzene rings is 1. The third kappa shape index (κ3) is 1.39.